The molecule has 0 rings (SSSR count). The summed E-state index contributed by atoms with van der Waals surface area (Å²) in [4.78, 5) is 37.9. The predicted octanol–water partition coefficient (Wildman–Crippen LogP) is 17.9. The summed E-state index contributed by atoms with van der Waals surface area (Å²) in [7, 11) is 0. The first-order chi connectivity index (χ1) is 30.5. The van der Waals surface area contributed by atoms with Gasteiger partial charge in [-0.15, -0.1) is 0 Å². The molecule has 6 heteroatoms. The highest BCUT2D eigenvalue weighted by molar-refractivity contribution is 5.71. The van der Waals surface area contributed by atoms with E-state index in [-0.39, 0.29) is 31.1 Å². The Labute approximate surface area is 385 Å². The van der Waals surface area contributed by atoms with Crippen molar-refractivity contribution >= 4 is 17.9 Å². The van der Waals surface area contributed by atoms with Gasteiger partial charge in [-0.05, 0) is 64.2 Å². The van der Waals surface area contributed by atoms with Gasteiger partial charge in [0, 0.05) is 19.3 Å². The first kappa shape index (κ1) is 59.9. The van der Waals surface area contributed by atoms with Crippen molar-refractivity contribution in [3.05, 3.63) is 24.3 Å². The van der Waals surface area contributed by atoms with E-state index in [0.29, 0.717) is 19.3 Å². The average Bonchev–Trinajstić information content (AvgIpc) is 3.27. The molecule has 0 radical (unpaired) electrons. The normalized spacial score (nSPS) is 12.1. The number of allylic oxidation sites excluding steroid dienone is 4. The fraction of sp³-hybridized carbons (Fsp3) is 0.875. The van der Waals surface area contributed by atoms with Crippen LogP contribution in [0.1, 0.15) is 297 Å². The van der Waals surface area contributed by atoms with Crippen molar-refractivity contribution in [2.45, 2.75) is 303 Å². The van der Waals surface area contributed by atoms with E-state index in [1.165, 1.54) is 180 Å². The molecule has 0 aliphatic rings. The summed E-state index contributed by atoms with van der Waals surface area (Å²) in [6, 6.07) is 0. The zero-order chi connectivity index (χ0) is 45.1. The Kier molecular flexibility index (Phi) is 49.8. The topological polar surface area (TPSA) is 78.9 Å². The molecule has 0 heterocycles. The van der Waals surface area contributed by atoms with Crippen molar-refractivity contribution in [2.24, 2.45) is 0 Å². The van der Waals surface area contributed by atoms with Crippen LogP contribution in [0.25, 0.3) is 0 Å². The summed E-state index contributed by atoms with van der Waals surface area (Å²) < 4.78 is 16.8. The number of rotatable bonds is 50. The summed E-state index contributed by atoms with van der Waals surface area (Å²) in [5, 5.41) is 0. The van der Waals surface area contributed by atoms with Gasteiger partial charge in [0.2, 0.25) is 0 Å². The maximum atomic E-state index is 12.8. The van der Waals surface area contributed by atoms with Crippen LogP contribution < -0.4 is 0 Å². The van der Waals surface area contributed by atoms with Crippen LogP contribution in [0.4, 0.5) is 0 Å². The van der Waals surface area contributed by atoms with E-state index in [4.69, 9.17) is 14.2 Å². The van der Waals surface area contributed by atoms with Crippen LogP contribution >= 0.6 is 0 Å². The molecule has 1 atom stereocenters. The second-order valence-electron chi connectivity index (χ2n) is 18.5. The highest BCUT2D eigenvalue weighted by Crippen LogP contribution is 2.17. The van der Waals surface area contributed by atoms with Gasteiger partial charge in [0.1, 0.15) is 13.2 Å². The van der Waals surface area contributed by atoms with Crippen LogP contribution in [0.5, 0.6) is 0 Å². The summed E-state index contributed by atoms with van der Waals surface area (Å²) in [6.07, 6.45) is 58.9. The zero-order valence-electron chi connectivity index (χ0n) is 41.7. The molecule has 0 aromatic heterocycles. The van der Waals surface area contributed by atoms with Gasteiger partial charge in [-0.1, -0.05) is 238 Å². The van der Waals surface area contributed by atoms with E-state index in [0.717, 1.165) is 77.0 Å². The number of unbranched alkanes of at least 4 members (excludes halogenated alkanes) is 35. The van der Waals surface area contributed by atoms with Crippen LogP contribution in [0.2, 0.25) is 0 Å². The van der Waals surface area contributed by atoms with Crippen LogP contribution in [-0.4, -0.2) is 37.2 Å². The van der Waals surface area contributed by atoms with Gasteiger partial charge in [0.25, 0.3) is 0 Å². The van der Waals surface area contributed by atoms with Crippen molar-refractivity contribution < 1.29 is 28.6 Å². The molecular weight excluding hydrogens is 769 g/mol. The molecule has 0 N–H and O–H groups in total. The Morgan fingerprint density at radius 1 is 0.306 bits per heavy atom. The summed E-state index contributed by atoms with van der Waals surface area (Å²) in [5.74, 6) is -0.879. The SMILES string of the molecule is CCC/C=C\CCCCCCCC(=O)OCC(COC(=O)CCCCCCCCCCCCCCCCCCCCCCC)OC(=O)CCCCCCC/C=C\CCCCCC. The van der Waals surface area contributed by atoms with Gasteiger partial charge in [-0.25, -0.2) is 0 Å². The molecule has 62 heavy (non-hydrogen) atoms. The molecule has 364 valence electrons. The van der Waals surface area contributed by atoms with Crippen molar-refractivity contribution in [1.82, 2.24) is 0 Å². The van der Waals surface area contributed by atoms with Crippen LogP contribution in [0.3, 0.4) is 0 Å². The van der Waals surface area contributed by atoms with E-state index in [9.17, 15) is 14.4 Å². The highest BCUT2D eigenvalue weighted by Gasteiger charge is 2.19. The zero-order valence-corrected chi connectivity index (χ0v) is 41.7. The summed E-state index contributed by atoms with van der Waals surface area (Å²) in [5.41, 5.74) is 0. The van der Waals surface area contributed by atoms with Crippen LogP contribution in [0.15, 0.2) is 24.3 Å². The molecule has 0 spiro atoms. The fourth-order valence-electron chi connectivity index (χ4n) is 8.03. The first-order valence-electron chi connectivity index (χ1n) is 27.3. The van der Waals surface area contributed by atoms with Gasteiger partial charge in [-0.2, -0.15) is 0 Å². The second kappa shape index (κ2) is 51.5. The third kappa shape index (κ3) is 48.9. The Hall–Kier alpha value is -2.11. The van der Waals surface area contributed by atoms with E-state index >= 15 is 0 Å². The Balaban J connectivity index is 4.22. The van der Waals surface area contributed by atoms with Crippen molar-refractivity contribution in [3.8, 4) is 0 Å². The number of hydrogen-bond donors (Lipinski definition) is 0. The molecule has 0 bridgehead atoms. The molecular formula is C56H104O6. The lowest BCUT2D eigenvalue weighted by atomic mass is 10.0. The smallest absolute Gasteiger partial charge is 0.306 e. The quantitative estimate of drug-likeness (QED) is 0.0262. The van der Waals surface area contributed by atoms with Crippen molar-refractivity contribution in [3.63, 3.8) is 0 Å². The number of carbonyl (C=O) groups excluding carboxylic acids is 3. The van der Waals surface area contributed by atoms with Crippen LogP contribution in [0, 0.1) is 0 Å². The number of esters is 3. The molecule has 0 amide bonds. The molecule has 6 nitrogen and oxygen atoms in total. The monoisotopic (exact) mass is 873 g/mol. The largest absolute Gasteiger partial charge is 0.462 e. The van der Waals surface area contributed by atoms with Crippen LogP contribution in [-0.2, 0) is 28.6 Å². The maximum absolute atomic E-state index is 12.8. The fourth-order valence-corrected chi connectivity index (χ4v) is 8.03. The number of hydrogen-bond acceptors (Lipinski definition) is 6. The molecule has 0 saturated heterocycles. The highest BCUT2D eigenvalue weighted by atomic mass is 16.6. The Bertz CT molecular complexity index is 1000. The van der Waals surface area contributed by atoms with Gasteiger partial charge < -0.3 is 14.2 Å². The van der Waals surface area contributed by atoms with Gasteiger partial charge in [0.05, 0.1) is 0 Å². The van der Waals surface area contributed by atoms with Crippen molar-refractivity contribution in [2.75, 3.05) is 13.2 Å². The van der Waals surface area contributed by atoms with Crippen molar-refractivity contribution in [1.29, 1.82) is 0 Å². The third-order valence-corrected chi connectivity index (χ3v) is 12.2. The van der Waals surface area contributed by atoms with E-state index < -0.39 is 6.10 Å². The minimum absolute atomic E-state index is 0.0735. The summed E-state index contributed by atoms with van der Waals surface area (Å²) in [6.45, 7) is 6.58. The lowest BCUT2D eigenvalue weighted by Crippen LogP contribution is -2.30. The molecule has 0 aromatic carbocycles. The predicted molar refractivity (Wildman–Crippen MR) is 266 cm³/mol. The van der Waals surface area contributed by atoms with E-state index in [1.807, 2.05) is 0 Å². The first-order valence-corrected chi connectivity index (χ1v) is 27.3. The third-order valence-electron chi connectivity index (χ3n) is 12.2. The molecule has 0 aliphatic heterocycles. The Morgan fingerprint density at radius 3 is 0.887 bits per heavy atom. The van der Waals surface area contributed by atoms with Gasteiger partial charge in [0.15, 0.2) is 6.10 Å². The molecule has 0 fully saturated rings. The minimum atomic E-state index is -0.773. The van der Waals surface area contributed by atoms with E-state index in [2.05, 4.69) is 45.1 Å². The lowest BCUT2D eigenvalue weighted by molar-refractivity contribution is -0.167. The van der Waals surface area contributed by atoms with Gasteiger partial charge >= 0.3 is 17.9 Å². The number of carbonyl (C=O) groups is 3. The molecule has 1 unspecified atom stereocenters. The average molecular weight is 873 g/mol. The number of ether oxygens (including phenoxy) is 3. The minimum Gasteiger partial charge on any atom is -0.462 e. The molecule has 0 aliphatic carbocycles. The lowest BCUT2D eigenvalue weighted by Gasteiger charge is -2.18. The standard InChI is InChI=1S/C56H104O6/c1-4-7-10-13-16-19-22-24-25-26-27-28-29-30-31-33-34-37-40-43-46-49-55(58)61-52-53(51-60-54(57)48-45-42-39-36-21-18-15-12-9-6-3)62-56(59)50-47-44-41-38-35-32-23-20-17-14-11-8-5-2/h12,15,20,23,53H,4-11,13-14,16-19,21-22,24-52H2,1-3H3/b15-12-,23-20-. The molecule has 0 saturated carbocycles. The van der Waals surface area contributed by atoms with E-state index in [1.54, 1.807) is 0 Å². The second-order valence-corrected chi connectivity index (χ2v) is 18.5. The van der Waals surface area contributed by atoms with Gasteiger partial charge in [-0.3, -0.25) is 14.4 Å². The molecule has 0 aromatic rings. The summed E-state index contributed by atoms with van der Waals surface area (Å²) >= 11 is 0. The maximum Gasteiger partial charge on any atom is 0.306 e. The Morgan fingerprint density at radius 2 is 0.565 bits per heavy atom.